The van der Waals surface area contributed by atoms with Crippen molar-refractivity contribution in [1.82, 2.24) is 15.6 Å². The molecule has 0 aromatic carbocycles. The van der Waals surface area contributed by atoms with Gasteiger partial charge in [-0.15, -0.1) is 0 Å². The van der Waals surface area contributed by atoms with E-state index in [1.807, 2.05) is 32.0 Å². The van der Waals surface area contributed by atoms with Gasteiger partial charge in [0, 0.05) is 12.2 Å². The van der Waals surface area contributed by atoms with E-state index in [1.54, 1.807) is 6.20 Å². The molecular weight excluding hydrogens is 242 g/mol. The topological polar surface area (TPSA) is 63.2 Å². The lowest BCUT2D eigenvalue weighted by molar-refractivity contribution is -0.126. The highest BCUT2D eigenvalue weighted by Gasteiger charge is 2.34. The van der Waals surface area contributed by atoms with Gasteiger partial charge in [-0.05, 0) is 25.6 Å². The van der Waals surface area contributed by atoms with Crippen molar-refractivity contribution in [2.24, 2.45) is 5.92 Å². The fraction of sp³-hybridized carbons (Fsp3) is 0.571. The van der Waals surface area contributed by atoms with E-state index in [0.717, 1.165) is 12.2 Å². The van der Waals surface area contributed by atoms with Crippen LogP contribution in [-0.2, 0) is 9.53 Å². The summed E-state index contributed by atoms with van der Waals surface area (Å²) in [4.78, 5) is 16.5. The molecule has 1 amide bonds. The molecule has 1 aromatic heterocycles. The van der Waals surface area contributed by atoms with Crippen molar-refractivity contribution in [1.29, 1.82) is 0 Å². The van der Waals surface area contributed by atoms with Gasteiger partial charge in [0.2, 0.25) is 5.91 Å². The second-order valence-electron chi connectivity index (χ2n) is 4.79. The first-order valence-electron chi connectivity index (χ1n) is 6.74. The Morgan fingerprint density at radius 2 is 2.37 bits per heavy atom. The van der Waals surface area contributed by atoms with E-state index in [1.165, 1.54) is 0 Å². The van der Waals surface area contributed by atoms with Gasteiger partial charge in [0.05, 0.1) is 30.9 Å². The Bertz CT molecular complexity index is 410. The predicted molar refractivity (Wildman–Crippen MR) is 72.6 cm³/mol. The van der Waals surface area contributed by atoms with E-state index in [0.29, 0.717) is 13.2 Å². The van der Waals surface area contributed by atoms with Crippen LogP contribution in [0.4, 0.5) is 0 Å². The van der Waals surface area contributed by atoms with Crippen LogP contribution in [0.5, 0.6) is 0 Å². The number of amides is 1. The summed E-state index contributed by atoms with van der Waals surface area (Å²) in [6.45, 7) is 5.90. The van der Waals surface area contributed by atoms with Crippen LogP contribution < -0.4 is 10.6 Å². The molecule has 1 aliphatic heterocycles. The molecule has 2 heterocycles. The second kappa shape index (κ2) is 6.63. The molecule has 2 N–H and O–H groups in total. The molecule has 5 heteroatoms. The van der Waals surface area contributed by atoms with Gasteiger partial charge in [-0.1, -0.05) is 13.0 Å². The van der Waals surface area contributed by atoms with Crippen LogP contribution in [0.1, 0.15) is 25.6 Å². The van der Waals surface area contributed by atoms with Gasteiger partial charge in [0.1, 0.15) is 0 Å². The number of nitrogens with one attached hydrogen (secondary N) is 2. The van der Waals surface area contributed by atoms with Gasteiger partial charge < -0.3 is 15.4 Å². The molecule has 2 rings (SSSR count). The Kier molecular flexibility index (Phi) is 4.87. The lowest BCUT2D eigenvalue weighted by Gasteiger charge is -2.20. The number of carbonyl (C=O) groups is 1. The predicted octanol–water partition coefficient (Wildman–Crippen LogP) is 0.883. The molecular formula is C14H21N3O2. The average Bonchev–Trinajstić information content (AvgIpc) is 2.88. The standard InChI is InChI=1S/C14H21N3O2/c1-3-15-13-9-19-8-11(13)14(18)17-10(2)12-6-4-5-7-16-12/h4-7,10-11,13,15H,3,8-9H2,1-2H3,(H,17,18). The van der Waals surface area contributed by atoms with Crippen LogP contribution in [0, 0.1) is 5.92 Å². The van der Waals surface area contributed by atoms with Gasteiger partial charge in [0.25, 0.3) is 0 Å². The lowest BCUT2D eigenvalue weighted by Crippen LogP contribution is -2.44. The lowest BCUT2D eigenvalue weighted by atomic mass is 10.0. The Morgan fingerprint density at radius 1 is 1.53 bits per heavy atom. The molecule has 3 atom stereocenters. The first-order chi connectivity index (χ1) is 9.22. The van der Waals surface area contributed by atoms with Crippen molar-refractivity contribution < 1.29 is 9.53 Å². The minimum absolute atomic E-state index is 0.0293. The van der Waals surface area contributed by atoms with Crippen LogP contribution in [0.25, 0.3) is 0 Å². The van der Waals surface area contributed by atoms with Gasteiger partial charge in [0.15, 0.2) is 0 Å². The molecule has 3 unspecified atom stereocenters. The molecule has 5 nitrogen and oxygen atoms in total. The monoisotopic (exact) mass is 263 g/mol. The SMILES string of the molecule is CCNC1COCC1C(=O)NC(C)c1ccccn1. The number of carbonyl (C=O) groups excluding carboxylic acids is 1. The molecule has 19 heavy (non-hydrogen) atoms. The van der Waals surface area contributed by atoms with Crippen LogP contribution in [0.2, 0.25) is 0 Å². The van der Waals surface area contributed by atoms with Crippen LogP contribution in [0.15, 0.2) is 24.4 Å². The summed E-state index contributed by atoms with van der Waals surface area (Å²) in [5.41, 5.74) is 0.870. The van der Waals surface area contributed by atoms with Gasteiger partial charge >= 0.3 is 0 Å². The van der Waals surface area contributed by atoms with Crippen molar-refractivity contribution in [3.63, 3.8) is 0 Å². The summed E-state index contributed by atoms with van der Waals surface area (Å²) in [5.74, 6) is -0.0901. The Labute approximate surface area is 113 Å². The molecule has 104 valence electrons. The van der Waals surface area contributed by atoms with Gasteiger partial charge in [-0.3, -0.25) is 9.78 Å². The number of hydrogen-bond acceptors (Lipinski definition) is 4. The summed E-state index contributed by atoms with van der Waals surface area (Å²) >= 11 is 0. The number of nitrogens with zero attached hydrogens (tertiary/aromatic N) is 1. The van der Waals surface area contributed by atoms with Crippen LogP contribution in [-0.4, -0.2) is 36.7 Å². The quantitative estimate of drug-likeness (QED) is 0.828. The maximum absolute atomic E-state index is 12.3. The van der Waals surface area contributed by atoms with E-state index in [4.69, 9.17) is 4.74 Å². The second-order valence-corrected chi connectivity index (χ2v) is 4.79. The van der Waals surface area contributed by atoms with Crippen molar-refractivity contribution in [3.05, 3.63) is 30.1 Å². The highest BCUT2D eigenvalue weighted by molar-refractivity contribution is 5.80. The Hall–Kier alpha value is -1.46. The first kappa shape index (κ1) is 14.0. The maximum Gasteiger partial charge on any atom is 0.227 e. The minimum Gasteiger partial charge on any atom is -0.379 e. The number of hydrogen-bond donors (Lipinski definition) is 2. The summed E-state index contributed by atoms with van der Waals surface area (Å²) in [6.07, 6.45) is 1.73. The third kappa shape index (κ3) is 3.52. The van der Waals surface area contributed by atoms with Gasteiger partial charge in [-0.25, -0.2) is 0 Å². The summed E-state index contributed by atoms with van der Waals surface area (Å²) in [5, 5.41) is 6.29. The van der Waals surface area contributed by atoms with Crippen molar-refractivity contribution >= 4 is 5.91 Å². The number of ether oxygens (including phenoxy) is 1. The number of rotatable bonds is 5. The molecule has 1 aliphatic rings. The minimum atomic E-state index is -0.119. The van der Waals surface area contributed by atoms with E-state index >= 15 is 0 Å². The molecule has 1 saturated heterocycles. The number of aromatic nitrogens is 1. The fourth-order valence-electron chi connectivity index (χ4n) is 2.30. The summed E-state index contributed by atoms with van der Waals surface area (Å²) < 4.78 is 5.39. The largest absolute Gasteiger partial charge is 0.379 e. The van der Waals surface area contributed by atoms with Crippen molar-refractivity contribution in [2.75, 3.05) is 19.8 Å². The molecule has 1 aromatic rings. The number of pyridine rings is 1. The van der Waals surface area contributed by atoms with E-state index in [-0.39, 0.29) is 23.9 Å². The van der Waals surface area contributed by atoms with E-state index in [9.17, 15) is 4.79 Å². The van der Waals surface area contributed by atoms with E-state index < -0.39 is 0 Å². The molecule has 0 aliphatic carbocycles. The normalized spacial score (nSPS) is 24.1. The highest BCUT2D eigenvalue weighted by Crippen LogP contribution is 2.16. The van der Waals surface area contributed by atoms with Crippen molar-refractivity contribution in [3.8, 4) is 0 Å². The number of likely N-dealkylation sites (N-methyl/N-ethyl adjacent to an activating group) is 1. The van der Waals surface area contributed by atoms with Gasteiger partial charge in [-0.2, -0.15) is 0 Å². The summed E-state index contributed by atoms with van der Waals surface area (Å²) in [7, 11) is 0. The smallest absolute Gasteiger partial charge is 0.227 e. The fourth-order valence-corrected chi connectivity index (χ4v) is 2.30. The zero-order valence-corrected chi connectivity index (χ0v) is 11.4. The van der Waals surface area contributed by atoms with Crippen LogP contribution in [0.3, 0.4) is 0 Å². The summed E-state index contributed by atoms with van der Waals surface area (Å²) in [6, 6.07) is 5.73. The molecule has 1 fully saturated rings. The molecule has 0 spiro atoms. The third-order valence-electron chi connectivity index (χ3n) is 3.37. The zero-order valence-electron chi connectivity index (χ0n) is 11.4. The maximum atomic E-state index is 12.3. The van der Waals surface area contributed by atoms with Crippen molar-refractivity contribution in [2.45, 2.75) is 25.9 Å². The first-order valence-corrected chi connectivity index (χ1v) is 6.74. The average molecular weight is 263 g/mol. The third-order valence-corrected chi connectivity index (χ3v) is 3.37. The molecule has 0 saturated carbocycles. The molecule has 0 radical (unpaired) electrons. The Balaban J connectivity index is 1.93. The molecule has 0 bridgehead atoms. The zero-order chi connectivity index (χ0) is 13.7. The van der Waals surface area contributed by atoms with E-state index in [2.05, 4.69) is 15.6 Å². The Morgan fingerprint density at radius 3 is 3.05 bits per heavy atom. The highest BCUT2D eigenvalue weighted by atomic mass is 16.5. The van der Waals surface area contributed by atoms with Crippen LogP contribution >= 0.6 is 0 Å².